The van der Waals surface area contributed by atoms with Crippen LogP contribution in [-0.4, -0.2) is 250 Å². The summed E-state index contributed by atoms with van der Waals surface area (Å²) < 4.78 is 53.9. The minimum absolute atomic E-state index is 0.00585. The maximum atomic E-state index is 15.2. The van der Waals surface area contributed by atoms with Crippen LogP contribution in [0.15, 0.2) is 139 Å². The van der Waals surface area contributed by atoms with Gasteiger partial charge in [-0.2, -0.15) is 5.10 Å². The molecule has 746 valence electrons. The summed E-state index contributed by atoms with van der Waals surface area (Å²) >= 11 is 1.75. The lowest BCUT2D eigenvalue weighted by Crippen LogP contribution is -2.50. The van der Waals surface area contributed by atoms with E-state index in [9.17, 15) is 58.2 Å². The molecular weight excluding hydrogens is 1800 g/mol. The first-order valence-corrected chi connectivity index (χ1v) is 49.4. The van der Waals surface area contributed by atoms with Crippen molar-refractivity contribution < 1.29 is 106 Å². The van der Waals surface area contributed by atoms with Crippen molar-refractivity contribution in [3.8, 4) is 28.7 Å². The van der Waals surface area contributed by atoms with Crippen molar-refractivity contribution in [2.24, 2.45) is 11.0 Å². The highest BCUT2D eigenvalue weighted by Crippen LogP contribution is 2.56. The van der Waals surface area contributed by atoms with Crippen LogP contribution < -0.4 is 70.8 Å². The molecule has 6 aromatic carbocycles. The molecule has 1 aliphatic carbocycles. The first kappa shape index (κ1) is 104. The van der Waals surface area contributed by atoms with Crippen molar-refractivity contribution in [2.75, 3.05) is 134 Å². The second-order valence-electron chi connectivity index (χ2n) is 35.6. The van der Waals surface area contributed by atoms with E-state index in [4.69, 9.17) is 42.6 Å². The molecule has 0 aromatic heterocycles. The topological polar surface area (TPSA) is 424 Å². The number of thioether (sulfide) groups is 1. The fourth-order valence-corrected chi connectivity index (χ4v) is 20.2. The number of unbranched alkanes of at least 4 members (excludes halogenated alkanes) is 5. The second-order valence-corrected chi connectivity index (χ2v) is 37.3. The van der Waals surface area contributed by atoms with Gasteiger partial charge in [-0.3, -0.25) is 48.1 Å². The number of aliphatic hydroxyl groups excluding tert-OH is 2. The SMILES string of the molecule is CCCCCCC1CNCC(=O)Nc2ccc(cc2)COC(=O)N2c3cc(c(OC)cc3C(=O)N3CC(c4ccc(OC)cc4)=C[C@H]3C2O)OCCCCCOc2cc3c(cc2OC)C(=O)N2CC(c4ccc(/C=N/NC(=O)CCCCCN5C(=O)CC(SC(CCC)(CCC)C6CC6)C5=O)cc4)=C[C@H]2C(O)N3C(=O)OCc2ccc(cc2)NC(=O)CNCCOCCNC(=O)CCC(=O)NCCO1. The van der Waals surface area contributed by atoms with Gasteiger partial charge in [-0.1, -0.05) is 139 Å². The number of hydrazone groups is 1. The highest BCUT2D eigenvalue weighted by Gasteiger charge is 2.51. The molecule has 35 nitrogen and oxygen atoms in total. The monoisotopic (exact) mass is 1930 g/mol. The van der Waals surface area contributed by atoms with Gasteiger partial charge in [0.2, 0.25) is 41.4 Å². The smallest absolute Gasteiger partial charge is 0.416 e. The van der Waals surface area contributed by atoms with Crippen LogP contribution in [0.4, 0.5) is 32.3 Å². The van der Waals surface area contributed by atoms with Crippen molar-refractivity contribution in [3.05, 3.63) is 172 Å². The average molecular weight is 1940 g/mol. The molecule has 139 heavy (non-hydrogen) atoms. The Balaban J connectivity index is 0.675. The van der Waals surface area contributed by atoms with Crippen molar-refractivity contribution in [2.45, 2.75) is 209 Å². The maximum absolute atomic E-state index is 15.2. The number of carbonyl (C=O) groups excluding carboxylic acids is 11. The minimum atomic E-state index is -1.74. The largest absolute Gasteiger partial charge is 0.497 e. The molecule has 36 heteroatoms. The van der Waals surface area contributed by atoms with Crippen molar-refractivity contribution in [1.82, 2.24) is 41.4 Å². The molecule has 10 aliphatic rings. The average Bonchev–Trinajstić information content (AvgIpc) is 1.60. The number of rotatable bonds is 25. The van der Waals surface area contributed by atoms with Crippen LogP contribution >= 0.6 is 11.8 Å². The quantitative estimate of drug-likeness (QED) is 0.0111. The number of imide groups is 1. The molecule has 11 amide bonds. The van der Waals surface area contributed by atoms with E-state index in [1.807, 2.05) is 24.3 Å². The van der Waals surface area contributed by atoms with Crippen LogP contribution in [0.25, 0.3) is 11.1 Å². The van der Waals surface area contributed by atoms with Crippen LogP contribution in [0.1, 0.15) is 204 Å². The molecule has 0 radical (unpaired) electrons. The molecule has 9 heterocycles. The Hall–Kier alpha value is -12.4. The molecule has 4 unspecified atom stereocenters. The minimum Gasteiger partial charge on any atom is -0.497 e. The zero-order valence-corrected chi connectivity index (χ0v) is 81.0. The van der Waals surface area contributed by atoms with Crippen LogP contribution in [0, 0.1) is 5.92 Å². The number of hydrogen-bond donors (Lipinski definition) is 9. The Bertz CT molecular complexity index is 5340. The molecule has 9 aliphatic heterocycles. The van der Waals surface area contributed by atoms with Crippen LogP contribution in [0.5, 0.6) is 28.7 Å². The first-order valence-electron chi connectivity index (χ1n) is 48.5. The number of fused-ring (bicyclic) bond motifs is 2. The van der Waals surface area contributed by atoms with Crippen molar-refractivity contribution in [1.29, 1.82) is 0 Å². The summed E-state index contributed by atoms with van der Waals surface area (Å²) in [4.78, 5) is 158. The van der Waals surface area contributed by atoms with Gasteiger partial charge in [-0.15, -0.1) is 11.8 Å². The lowest BCUT2D eigenvalue weighted by atomic mass is 9.92. The lowest BCUT2D eigenvalue weighted by Gasteiger charge is -2.35. The fourth-order valence-electron chi connectivity index (χ4n) is 18.2. The summed E-state index contributed by atoms with van der Waals surface area (Å²) in [5, 5.41) is 46.6. The van der Waals surface area contributed by atoms with E-state index in [1.54, 1.807) is 104 Å². The van der Waals surface area contributed by atoms with Crippen molar-refractivity contribution in [3.63, 3.8) is 0 Å². The number of anilines is 4. The number of nitrogens with zero attached hydrogens (tertiary/aromatic N) is 6. The summed E-state index contributed by atoms with van der Waals surface area (Å²) in [6.07, 6.45) is 14.1. The van der Waals surface area contributed by atoms with Crippen LogP contribution in [0.2, 0.25) is 0 Å². The van der Waals surface area contributed by atoms with Gasteiger partial charge in [0.25, 0.3) is 11.8 Å². The maximum Gasteiger partial charge on any atom is 0.416 e. The highest BCUT2D eigenvalue weighted by molar-refractivity contribution is 8.02. The summed E-state index contributed by atoms with van der Waals surface area (Å²) in [6.45, 7) is 8.17. The Morgan fingerprint density at radius 1 is 0.561 bits per heavy atom. The van der Waals surface area contributed by atoms with E-state index in [0.29, 0.717) is 115 Å². The zero-order chi connectivity index (χ0) is 98.3. The van der Waals surface area contributed by atoms with Gasteiger partial charge in [-0.05, 0) is 158 Å². The Morgan fingerprint density at radius 3 is 1.61 bits per heavy atom. The molecule has 0 spiro atoms. The molecular formula is C103H131N13O22S. The Labute approximate surface area is 815 Å². The molecule has 1 saturated heterocycles. The van der Waals surface area contributed by atoms with Crippen molar-refractivity contribution >= 4 is 117 Å². The molecule has 16 rings (SSSR count). The van der Waals surface area contributed by atoms with Gasteiger partial charge in [0.1, 0.15) is 19.0 Å². The highest BCUT2D eigenvalue weighted by atomic mass is 32.2. The number of methoxy groups -OCH3 is 3. The molecule has 2 fully saturated rings. The van der Waals surface area contributed by atoms with Gasteiger partial charge in [0, 0.05) is 99.8 Å². The van der Waals surface area contributed by atoms with E-state index >= 15 is 4.79 Å². The number of nitrogens with one attached hydrogen (secondary N) is 7. The van der Waals surface area contributed by atoms with Crippen LogP contribution in [-0.2, 0) is 65.7 Å². The van der Waals surface area contributed by atoms with Gasteiger partial charge in [0.05, 0.1) is 120 Å². The summed E-state index contributed by atoms with van der Waals surface area (Å²) in [6, 6.07) is 31.5. The predicted molar refractivity (Wildman–Crippen MR) is 526 cm³/mol. The number of amides is 11. The van der Waals surface area contributed by atoms with E-state index in [-0.39, 0.29) is 214 Å². The third-order valence-corrected chi connectivity index (χ3v) is 27.5. The third kappa shape index (κ3) is 28.2. The number of benzene rings is 6. The van der Waals surface area contributed by atoms with Gasteiger partial charge in [0.15, 0.2) is 35.5 Å². The van der Waals surface area contributed by atoms with E-state index in [1.165, 1.54) is 72.2 Å². The van der Waals surface area contributed by atoms with E-state index < -0.39 is 48.5 Å². The third-order valence-electron chi connectivity index (χ3n) is 25.6. The summed E-state index contributed by atoms with van der Waals surface area (Å²) in [7, 11) is 4.38. The normalized spacial score (nSPS) is 21.1. The molecule has 9 N–H and O–H groups in total. The lowest BCUT2D eigenvalue weighted by molar-refractivity contribution is -0.138. The molecule has 8 bridgehead atoms. The zero-order valence-electron chi connectivity index (χ0n) is 80.1. The summed E-state index contributed by atoms with van der Waals surface area (Å²) in [5.41, 5.74) is 8.02. The Morgan fingerprint density at radius 2 is 1.09 bits per heavy atom. The number of likely N-dealkylation sites (tertiary alicyclic amines) is 1. The number of aliphatic hydroxyl groups is 2. The van der Waals surface area contributed by atoms with Gasteiger partial charge >= 0.3 is 12.2 Å². The van der Waals surface area contributed by atoms with Gasteiger partial charge < -0.3 is 94.5 Å². The molecule has 6 aromatic rings. The molecule has 6 atom stereocenters. The fraction of sp³-hybridized carbons (Fsp3) is 0.495. The standard InChI is InChI=1S/C103H131N13O22S/c1-7-10-11-14-19-78-60-105-62-94(121)110-76-35-25-69(26-36-76)66-138-102(129)116-82-57-88(86(132-6)55-80(82)97(124)114-64-73(53-84(114)99(116)126)71-29-37-77(130-4)38-30-71)136-48-18-13-17-47-135-87-56-81-79(54-85(87)131-5)96(123)113-63-72(70-27-21-67(22-28-70)59-108-111-92(119)20-15-12-16-46-112-95(122)58-89(100(112)127)139-103(41-8-2,42-9-3)74-31-32-74)52-83(113)98(125)115(81)101(128)137-65-68-23-33-75(34-24-68)109-93(120)61-104-43-49-133-50-44-106-90(117)39-40-91(118)107-45-51-134-78/h21-30,33-38,52-57,59,74,78,83-84,89,98-99,104-105,125-126H,7-20,31-32,39-51,58,60-66H2,1-6H3,(H,106,117)(H,107,118)(H,109,120)(H,110,121)(H,111,119)/b108-59+/t78?,83-,84-,89?,98?,99?/m0/s1. The first-order chi connectivity index (χ1) is 67.5. The number of ether oxygens (including phenoxy) is 9. The molecule has 1 saturated carbocycles. The van der Waals surface area contributed by atoms with E-state index in [0.717, 1.165) is 73.2 Å². The summed E-state index contributed by atoms with van der Waals surface area (Å²) in [5.74, 6) is -1.04. The number of carbonyl (C=O) groups is 11. The van der Waals surface area contributed by atoms with Crippen LogP contribution in [0.3, 0.4) is 0 Å². The second kappa shape index (κ2) is 51.5. The van der Waals surface area contributed by atoms with Gasteiger partial charge in [-0.25, -0.2) is 24.8 Å². The Kier molecular flexibility index (Phi) is 38.5. The predicted octanol–water partition coefficient (Wildman–Crippen LogP) is 12.2. The van der Waals surface area contributed by atoms with E-state index in [2.05, 4.69) is 63.2 Å². The number of hydrogen-bond acceptors (Lipinski definition) is 26.